The number of carboxylic acids is 1. The quantitative estimate of drug-likeness (QED) is 0.406. The van der Waals surface area contributed by atoms with E-state index in [1.54, 1.807) is 27.3 Å². The summed E-state index contributed by atoms with van der Waals surface area (Å²) < 4.78 is 9.30. The summed E-state index contributed by atoms with van der Waals surface area (Å²) in [6.45, 7) is 2.67. The first-order valence-electron chi connectivity index (χ1n) is 10.5. The van der Waals surface area contributed by atoms with Crippen molar-refractivity contribution in [2.45, 2.75) is 13.5 Å². The molecule has 6 aromatic rings. The topological polar surface area (TPSA) is 107 Å². The number of rotatable bonds is 5. The summed E-state index contributed by atoms with van der Waals surface area (Å²) in [6.07, 6.45) is 0. The number of aromatic carboxylic acids is 1. The van der Waals surface area contributed by atoms with Crippen molar-refractivity contribution >= 4 is 44.3 Å². The Morgan fingerprint density at radius 3 is 2.70 bits per heavy atom. The minimum atomic E-state index is -1.01. The number of pyridine rings is 1. The van der Waals surface area contributed by atoms with Crippen LogP contribution in [0.4, 0.5) is 0 Å². The summed E-state index contributed by atoms with van der Waals surface area (Å²) in [7, 11) is 0. The average molecular weight is 438 g/mol. The Labute approximate surface area is 186 Å². The average Bonchev–Trinajstić information content (AvgIpc) is 3.45. The van der Waals surface area contributed by atoms with E-state index in [0.29, 0.717) is 35.8 Å². The number of para-hydroxylation sites is 1. The molecule has 0 spiro atoms. The van der Waals surface area contributed by atoms with Crippen LogP contribution in [0.5, 0.6) is 6.01 Å². The van der Waals surface area contributed by atoms with E-state index >= 15 is 0 Å². The van der Waals surface area contributed by atoms with E-state index in [4.69, 9.17) is 4.74 Å². The molecule has 3 heterocycles. The summed E-state index contributed by atoms with van der Waals surface area (Å²) in [5, 5.41) is 25.1. The summed E-state index contributed by atoms with van der Waals surface area (Å²) in [5.74, 6) is -1.01. The Balaban J connectivity index is 1.58. The number of fused-ring (bicyclic) bond motifs is 7. The first-order chi connectivity index (χ1) is 16.2. The standard InChI is InChI=1S/C24H18N6O3/c1-2-33-24-25-19-9-5-8-18(23(31)32)21(19)29(24)13-14-10-11-16-15-6-3-4-7-17(15)22-26-27-28-30(22)20(16)12-14/h3-12H,2,13H2,1H3,(H,31,32). The number of hydrogen-bond donors (Lipinski definition) is 1. The highest BCUT2D eigenvalue weighted by atomic mass is 16.5. The van der Waals surface area contributed by atoms with E-state index in [1.165, 1.54) is 0 Å². The number of aromatic nitrogens is 6. The molecular weight excluding hydrogens is 420 g/mol. The number of ether oxygens (including phenoxy) is 1. The lowest BCUT2D eigenvalue weighted by Crippen LogP contribution is -2.08. The third kappa shape index (κ3) is 2.89. The summed E-state index contributed by atoms with van der Waals surface area (Å²) in [4.78, 5) is 16.4. The molecule has 162 valence electrons. The van der Waals surface area contributed by atoms with Gasteiger partial charge in [0.1, 0.15) is 0 Å². The Morgan fingerprint density at radius 2 is 1.88 bits per heavy atom. The molecule has 0 amide bonds. The van der Waals surface area contributed by atoms with Crippen molar-refractivity contribution in [3.05, 3.63) is 71.8 Å². The smallest absolute Gasteiger partial charge is 0.337 e. The minimum absolute atomic E-state index is 0.181. The van der Waals surface area contributed by atoms with Gasteiger partial charge < -0.3 is 9.84 Å². The third-order valence-electron chi connectivity index (χ3n) is 5.79. The molecule has 0 aliphatic carbocycles. The lowest BCUT2D eigenvalue weighted by molar-refractivity contribution is 0.0698. The van der Waals surface area contributed by atoms with Gasteiger partial charge in [-0.1, -0.05) is 42.5 Å². The van der Waals surface area contributed by atoms with Crippen molar-refractivity contribution in [3.63, 3.8) is 0 Å². The number of nitrogens with zero attached hydrogens (tertiary/aromatic N) is 6. The second-order valence-corrected chi connectivity index (χ2v) is 7.70. The molecule has 0 unspecified atom stereocenters. The zero-order valence-electron chi connectivity index (χ0n) is 17.6. The van der Waals surface area contributed by atoms with Crippen LogP contribution in [0.2, 0.25) is 0 Å². The molecule has 3 aromatic heterocycles. The maximum Gasteiger partial charge on any atom is 0.337 e. The number of hydrogen-bond acceptors (Lipinski definition) is 6. The second kappa shape index (κ2) is 7.27. The highest BCUT2D eigenvalue weighted by molar-refractivity contribution is 6.11. The fraction of sp³-hybridized carbons (Fsp3) is 0.125. The lowest BCUT2D eigenvalue weighted by atomic mass is 10.0. The minimum Gasteiger partial charge on any atom is -0.478 e. The van der Waals surface area contributed by atoms with Crippen LogP contribution in [0.15, 0.2) is 60.7 Å². The van der Waals surface area contributed by atoms with Crippen molar-refractivity contribution in [2.75, 3.05) is 6.61 Å². The largest absolute Gasteiger partial charge is 0.478 e. The molecule has 0 bridgehead atoms. The third-order valence-corrected chi connectivity index (χ3v) is 5.79. The Morgan fingerprint density at radius 1 is 1.03 bits per heavy atom. The maximum absolute atomic E-state index is 11.9. The van der Waals surface area contributed by atoms with Crippen LogP contribution in [0.25, 0.3) is 38.4 Å². The molecule has 0 saturated carbocycles. The van der Waals surface area contributed by atoms with Gasteiger partial charge in [0.2, 0.25) is 0 Å². The van der Waals surface area contributed by atoms with E-state index < -0.39 is 5.97 Å². The van der Waals surface area contributed by atoms with Gasteiger partial charge >= 0.3 is 5.97 Å². The molecule has 3 aromatic carbocycles. The predicted molar refractivity (Wildman–Crippen MR) is 123 cm³/mol. The molecule has 9 heteroatoms. The van der Waals surface area contributed by atoms with E-state index in [9.17, 15) is 9.90 Å². The Kier molecular flexibility index (Phi) is 4.22. The number of benzene rings is 3. The first kappa shape index (κ1) is 19.2. The van der Waals surface area contributed by atoms with Gasteiger partial charge in [0.25, 0.3) is 6.01 Å². The predicted octanol–water partition coefficient (Wildman–Crippen LogP) is 3.93. The molecule has 1 N–H and O–H groups in total. The number of carbonyl (C=O) groups is 1. The van der Waals surface area contributed by atoms with E-state index in [-0.39, 0.29) is 5.56 Å². The molecule has 0 saturated heterocycles. The molecule has 0 aliphatic rings. The SMILES string of the molecule is CCOc1nc2cccc(C(=O)O)c2n1Cc1ccc2c3ccccc3c3nnnn3c2c1. The van der Waals surface area contributed by atoms with Gasteiger partial charge in [-0.15, -0.1) is 5.10 Å². The normalized spacial score (nSPS) is 11.7. The van der Waals surface area contributed by atoms with Gasteiger partial charge in [-0.3, -0.25) is 4.57 Å². The van der Waals surface area contributed by atoms with E-state index in [1.807, 2.05) is 43.3 Å². The summed E-state index contributed by atoms with van der Waals surface area (Å²) >= 11 is 0. The van der Waals surface area contributed by atoms with Gasteiger partial charge in [-0.2, -0.15) is 9.50 Å². The molecular formula is C24H18N6O3. The number of carboxylic acid groups (broad SMARTS) is 1. The molecule has 0 atom stereocenters. The molecule has 0 radical (unpaired) electrons. The van der Waals surface area contributed by atoms with Crippen LogP contribution < -0.4 is 4.74 Å². The maximum atomic E-state index is 11.9. The van der Waals surface area contributed by atoms with Crippen molar-refractivity contribution in [2.24, 2.45) is 0 Å². The van der Waals surface area contributed by atoms with Crippen LogP contribution in [0.3, 0.4) is 0 Å². The summed E-state index contributed by atoms with van der Waals surface area (Å²) in [5.41, 5.74) is 3.78. The zero-order valence-corrected chi connectivity index (χ0v) is 17.6. The van der Waals surface area contributed by atoms with E-state index in [0.717, 1.165) is 27.2 Å². The van der Waals surface area contributed by atoms with Crippen molar-refractivity contribution in [1.82, 2.24) is 29.6 Å². The molecule has 0 fully saturated rings. The van der Waals surface area contributed by atoms with Crippen LogP contribution in [-0.4, -0.2) is 47.3 Å². The Hall–Kier alpha value is -4.53. The highest BCUT2D eigenvalue weighted by Gasteiger charge is 2.19. The zero-order chi connectivity index (χ0) is 22.5. The molecule has 0 aliphatic heterocycles. The molecule has 6 rings (SSSR count). The molecule has 33 heavy (non-hydrogen) atoms. The monoisotopic (exact) mass is 438 g/mol. The van der Waals surface area contributed by atoms with Gasteiger partial charge in [-0.25, -0.2) is 4.79 Å². The van der Waals surface area contributed by atoms with Gasteiger partial charge in [0.15, 0.2) is 5.65 Å². The fourth-order valence-corrected chi connectivity index (χ4v) is 4.41. The van der Waals surface area contributed by atoms with Crippen molar-refractivity contribution in [3.8, 4) is 6.01 Å². The Bertz CT molecular complexity index is 1700. The van der Waals surface area contributed by atoms with Crippen LogP contribution in [0, 0.1) is 0 Å². The van der Waals surface area contributed by atoms with Crippen LogP contribution >= 0.6 is 0 Å². The van der Waals surface area contributed by atoms with Crippen molar-refractivity contribution in [1.29, 1.82) is 0 Å². The highest BCUT2D eigenvalue weighted by Crippen LogP contribution is 2.30. The van der Waals surface area contributed by atoms with Crippen molar-refractivity contribution < 1.29 is 14.6 Å². The number of imidazole rings is 1. The van der Waals surface area contributed by atoms with Crippen LogP contribution in [0.1, 0.15) is 22.8 Å². The van der Waals surface area contributed by atoms with Gasteiger partial charge in [0, 0.05) is 10.8 Å². The van der Waals surface area contributed by atoms with Gasteiger partial charge in [-0.05, 0) is 46.5 Å². The first-order valence-corrected chi connectivity index (χ1v) is 10.5. The second-order valence-electron chi connectivity index (χ2n) is 7.70. The van der Waals surface area contributed by atoms with Gasteiger partial charge in [0.05, 0.1) is 35.3 Å². The molecule has 9 nitrogen and oxygen atoms in total. The van der Waals surface area contributed by atoms with Crippen LogP contribution in [-0.2, 0) is 6.54 Å². The summed E-state index contributed by atoms with van der Waals surface area (Å²) in [6, 6.07) is 19.6. The fourth-order valence-electron chi connectivity index (χ4n) is 4.41. The van der Waals surface area contributed by atoms with E-state index in [2.05, 4.69) is 26.6 Å². The lowest BCUT2D eigenvalue weighted by Gasteiger charge is -2.12. The number of tetrazole rings is 1.